The summed E-state index contributed by atoms with van der Waals surface area (Å²) in [5, 5.41) is 19.5. The van der Waals surface area contributed by atoms with Crippen molar-refractivity contribution in [2.24, 2.45) is 0 Å². The maximum Gasteiger partial charge on any atom is 0.335 e. The molecule has 0 saturated carbocycles. The third-order valence-corrected chi connectivity index (χ3v) is 4.33. The van der Waals surface area contributed by atoms with Crippen molar-refractivity contribution < 1.29 is 19.8 Å². The van der Waals surface area contributed by atoms with Gasteiger partial charge in [0.05, 0.1) is 11.1 Å². The number of phenolic OH excluding ortho intramolecular Hbond substituents is 1. The molecule has 26 heavy (non-hydrogen) atoms. The molecule has 0 aromatic heterocycles. The predicted molar refractivity (Wildman–Crippen MR) is 102 cm³/mol. The molecule has 0 aliphatic carbocycles. The van der Waals surface area contributed by atoms with Gasteiger partial charge in [-0.3, -0.25) is 4.79 Å². The number of Topliss-reactive ketones (excluding diaryl/α,β-unsaturated/α-hetero) is 1. The molecule has 5 heteroatoms. The maximum atomic E-state index is 12.7. The highest BCUT2D eigenvalue weighted by Gasteiger charge is 2.18. The zero-order valence-electron chi connectivity index (χ0n) is 15.0. The number of phenols is 1. The Morgan fingerprint density at radius 2 is 1.69 bits per heavy atom. The van der Waals surface area contributed by atoms with Gasteiger partial charge >= 0.3 is 5.97 Å². The SMILES string of the molecule is C=C(Cc1ccccc1C(=O)O)C(=O)c1ccc(N(CC)CC)cc1O. The van der Waals surface area contributed by atoms with Gasteiger partial charge in [-0.25, -0.2) is 4.79 Å². The molecule has 0 bridgehead atoms. The molecule has 2 aromatic carbocycles. The van der Waals surface area contributed by atoms with E-state index in [0.29, 0.717) is 5.56 Å². The zero-order chi connectivity index (χ0) is 19.3. The third kappa shape index (κ3) is 4.11. The van der Waals surface area contributed by atoms with Crippen molar-refractivity contribution in [2.45, 2.75) is 20.3 Å². The van der Waals surface area contributed by atoms with Crippen molar-refractivity contribution in [1.29, 1.82) is 0 Å². The third-order valence-electron chi connectivity index (χ3n) is 4.33. The van der Waals surface area contributed by atoms with Crippen molar-refractivity contribution in [3.63, 3.8) is 0 Å². The summed E-state index contributed by atoms with van der Waals surface area (Å²) in [6.07, 6.45) is 0.110. The fraction of sp³-hybridized carbons (Fsp3) is 0.238. The van der Waals surface area contributed by atoms with Crippen LogP contribution in [0.3, 0.4) is 0 Å². The largest absolute Gasteiger partial charge is 0.507 e. The Morgan fingerprint density at radius 1 is 1.04 bits per heavy atom. The van der Waals surface area contributed by atoms with Crippen molar-refractivity contribution in [3.8, 4) is 5.75 Å². The van der Waals surface area contributed by atoms with Crippen molar-refractivity contribution in [2.75, 3.05) is 18.0 Å². The van der Waals surface area contributed by atoms with E-state index in [1.54, 1.807) is 36.4 Å². The predicted octanol–water partition coefficient (Wildman–Crippen LogP) is 3.92. The van der Waals surface area contributed by atoms with Gasteiger partial charge in [-0.2, -0.15) is 0 Å². The van der Waals surface area contributed by atoms with E-state index in [9.17, 15) is 19.8 Å². The van der Waals surface area contributed by atoms with Crippen LogP contribution in [-0.2, 0) is 6.42 Å². The minimum Gasteiger partial charge on any atom is -0.507 e. The number of anilines is 1. The molecule has 0 saturated heterocycles. The second-order valence-electron chi connectivity index (χ2n) is 5.95. The number of nitrogens with zero attached hydrogens (tertiary/aromatic N) is 1. The molecule has 136 valence electrons. The van der Waals surface area contributed by atoms with Gasteiger partial charge in [-0.05, 0) is 43.2 Å². The quantitative estimate of drug-likeness (QED) is 0.555. The molecule has 2 N–H and O–H groups in total. The van der Waals surface area contributed by atoms with Crippen LogP contribution in [-0.4, -0.2) is 35.1 Å². The molecule has 0 radical (unpaired) electrons. The number of hydrogen-bond donors (Lipinski definition) is 2. The number of rotatable bonds is 8. The van der Waals surface area contributed by atoms with Crippen LogP contribution in [0.5, 0.6) is 5.75 Å². The Kier molecular flexibility index (Phi) is 6.17. The summed E-state index contributed by atoms with van der Waals surface area (Å²) in [6.45, 7) is 9.41. The topological polar surface area (TPSA) is 77.8 Å². The van der Waals surface area contributed by atoms with E-state index in [1.807, 2.05) is 13.8 Å². The Labute approximate surface area is 153 Å². The van der Waals surface area contributed by atoms with E-state index in [4.69, 9.17) is 0 Å². The minimum absolute atomic E-state index is 0.105. The molecule has 0 aliphatic heterocycles. The highest BCUT2D eigenvalue weighted by Crippen LogP contribution is 2.27. The van der Waals surface area contributed by atoms with Gasteiger partial charge in [0.2, 0.25) is 0 Å². The summed E-state index contributed by atoms with van der Waals surface area (Å²) < 4.78 is 0. The first-order valence-electron chi connectivity index (χ1n) is 8.50. The van der Waals surface area contributed by atoms with E-state index in [2.05, 4.69) is 11.5 Å². The lowest BCUT2D eigenvalue weighted by Gasteiger charge is -2.21. The number of carbonyl (C=O) groups excluding carboxylic acids is 1. The van der Waals surface area contributed by atoms with Crippen LogP contribution in [0.15, 0.2) is 54.6 Å². The lowest BCUT2D eigenvalue weighted by molar-refractivity contribution is 0.0695. The van der Waals surface area contributed by atoms with Crippen LogP contribution in [0.2, 0.25) is 0 Å². The number of benzene rings is 2. The van der Waals surface area contributed by atoms with Crippen molar-refractivity contribution in [3.05, 3.63) is 71.3 Å². The fourth-order valence-electron chi connectivity index (χ4n) is 2.88. The first-order valence-corrected chi connectivity index (χ1v) is 8.50. The van der Waals surface area contributed by atoms with Gasteiger partial charge in [0.1, 0.15) is 5.75 Å². The smallest absolute Gasteiger partial charge is 0.335 e. The summed E-state index contributed by atoms with van der Waals surface area (Å²) in [6, 6.07) is 11.4. The number of aromatic carboxylic acids is 1. The van der Waals surface area contributed by atoms with Gasteiger partial charge in [0, 0.05) is 31.3 Å². The number of carbonyl (C=O) groups is 2. The fourth-order valence-corrected chi connectivity index (χ4v) is 2.88. The van der Waals surface area contributed by atoms with E-state index in [1.165, 1.54) is 6.07 Å². The van der Waals surface area contributed by atoms with Crippen LogP contribution < -0.4 is 4.90 Å². The van der Waals surface area contributed by atoms with Gasteiger partial charge in [0.15, 0.2) is 5.78 Å². The number of carboxylic acids is 1. The number of allylic oxidation sites excluding steroid dienone is 1. The van der Waals surface area contributed by atoms with Crippen molar-refractivity contribution >= 4 is 17.4 Å². The second-order valence-corrected chi connectivity index (χ2v) is 5.95. The zero-order valence-corrected chi connectivity index (χ0v) is 15.0. The van der Waals surface area contributed by atoms with Gasteiger partial charge in [0.25, 0.3) is 0 Å². The minimum atomic E-state index is -1.05. The molecule has 0 amide bonds. The molecular weight excluding hydrogens is 330 g/mol. The maximum absolute atomic E-state index is 12.7. The standard InChI is InChI=1S/C21H23NO4/c1-4-22(5-2)16-10-11-18(19(23)13-16)20(24)14(3)12-15-8-6-7-9-17(15)21(25)26/h6-11,13,23H,3-5,12H2,1-2H3,(H,25,26). The van der Waals surface area contributed by atoms with Crippen LogP contribution in [0.1, 0.15) is 40.1 Å². The van der Waals surface area contributed by atoms with E-state index < -0.39 is 11.8 Å². The first-order chi connectivity index (χ1) is 12.4. The van der Waals surface area contributed by atoms with Gasteiger partial charge < -0.3 is 15.1 Å². The molecule has 0 aliphatic rings. The normalized spacial score (nSPS) is 10.4. The van der Waals surface area contributed by atoms with Crippen LogP contribution in [0.25, 0.3) is 0 Å². The molecule has 2 aromatic rings. The molecular formula is C21H23NO4. The number of aromatic hydroxyl groups is 1. The number of carboxylic acid groups (broad SMARTS) is 1. The van der Waals surface area contributed by atoms with Crippen LogP contribution >= 0.6 is 0 Å². The highest BCUT2D eigenvalue weighted by molar-refractivity contribution is 6.10. The molecule has 0 unspecified atom stereocenters. The molecule has 2 rings (SSSR count). The first kappa shape index (κ1) is 19.2. The monoisotopic (exact) mass is 353 g/mol. The van der Waals surface area contributed by atoms with Crippen molar-refractivity contribution in [1.82, 2.24) is 0 Å². The van der Waals surface area contributed by atoms with E-state index >= 15 is 0 Å². The van der Waals surface area contributed by atoms with Crippen LogP contribution in [0, 0.1) is 0 Å². The molecule has 0 fully saturated rings. The average Bonchev–Trinajstić information content (AvgIpc) is 2.62. The number of ketones is 1. The number of hydrogen-bond acceptors (Lipinski definition) is 4. The lowest BCUT2D eigenvalue weighted by atomic mass is 9.95. The van der Waals surface area contributed by atoms with Gasteiger partial charge in [-0.15, -0.1) is 0 Å². The summed E-state index contributed by atoms with van der Waals surface area (Å²) in [7, 11) is 0. The summed E-state index contributed by atoms with van der Waals surface area (Å²) in [4.78, 5) is 26.0. The Morgan fingerprint density at radius 3 is 2.27 bits per heavy atom. The highest BCUT2D eigenvalue weighted by atomic mass is 16.4. The molecule has 0 atom stereocenters. The van der Waals surface area contributed by atoms with Crippen LogP contribution in [0.4, 0.5) is 5.69 Å². The molecule has 5 nitrogen and oxygen atoms in total. The average molecular weight is 353 g/mol. The summed E-state index contributed by atoms with van der Waals surface area (Å²) in [5.74, 6) is -1.55. The van der Waals surface area contributed by atoms with E-state index in [0.717, 1.165) is 18.8 Å². The lowest BCUT2D eigenvalue weighted by Crippen LogP contribution is -2.21. The summed E-state index contributed by atoms with van der Waals surface area (Å²) in [5.41, 5.74) is 1.88. The Balaban J connectivity index is 2.24. The van der Waals surface area contributed by atoms with E-state index in [-0.39, 0.29) is 28.9 Å². The molecule has 0 spiro atoms. The molecule has 0 heterocycles. The Bertz CT molecular complexity index is 838. The second kappa shape index (κ2) is 8.34. The summed E-state index contributed by atoms with van der Waals surface area (Å²) >= 11 is 0. The Hall–Kier alpha value is -3.08. The van der Waals surface area contributed by atoms with Gasteiger partial charge in [-0.1, -0.05) is 24.8 Å².